The smallest absolute Gasteiger partial charge is 0.293 e. The normalized spacial score (nSPS) is 13.3. The number of carbonyl (C=O) groups excluding carboxylic acids is 1. The number of nitro benzene ring substituents is 1. The molecule has 1 aliphatic heterocycles. The van der Waals surface area contributed by atoms with Crippen LogP contribution in [0.25, 0.3) is 0 Å². The third kappa shape index (κ3) is 4.72. The van der Waals surface area contributed by atoms with E-state index < -0.39 is 10.8 Å². The topological polar surface area (TPSA) is 87.5 Å². The maximum absolute atomic E-state index is 12.4. The van der Waals surface area contributed by atoms with Crippen LogP contribution in [0.3, 0.4) is 0 Å². The van der Waals surface area contributed by atoms with Crippen LogP contribution in [0.1, 0.15) is 23.2 Å². The van der Waals surface area contributed by atoms with Crippen molar-refractivity contribution in [2.75, 3.05) is 23.3 Å². The van der Waals surface area contributed by atoms with Gasteiger partial charge in [-0.05, 0) is 55.4 Å². The van der Waals surface area contributed by atoms with E-state index in [4.69, 9.17) is 23.8 Å². The number of halogens is 1. The Labute approximate surface area is 166 Å². The molecule has 0 spiro atoms. The number of hydrogen-bond donors (Lipinski definition) is 2. The lowest BCUT2D eigenvalue weighted by Crippen LogP contribution is -2.34. The number of hydrogen-bond acceptors (Lipinski definition) is 5. The van der Waals surface area contributed by atoms with Crippen molar-refractivity contribution in [3.63, 3.8) is 0 Å². The van der Waals surface area contributed by atoms with Crippen LogP contribution in [-0.2, 0) is 0 Å². The van der Waals surface area contributed by atoms with Crippen molar-refractivity contribution in [3.8, 4) is 0 Å². The molecule has 9 heteroatoms. The minimum Gasteiger partial charge on any atom is -0.366 e. The molecule has 0 radical (unpaired) electrons. The number of nitro groups is 1. The van der Waals surface area contributed by atoms with Gasteiger partial charge in [-0.3, -0.25) is 20.2 Å². The molecule has 2 N–H and O–H groups in total. The van der Waals surface area contributed by atoms with Gasteiger partial charge in [0.05, 0.1) is 4.92 Å². The summed E-state index contributed by atoms with van der Waals surface area (Å²) in [7, 11) is 0. The molecule has 0 aliphatic carbocycles. The lowest BCUT2D eigenvalue weighted by atomic mass is 10.1. The van der Waals surface area contributed by atoms with E-state index in [0.717, 1.165) is 25.9 Å². The number of benzene rings is 2. The predicted octanol–water partition coefficient (Wildman–Crippen LogP) is 3.98. The predicted molar refractivity (Wildman–Crippen MR) is 110 cm³/mol. The quantitative estimate of drug-likeness (QED) is 0.455. The van der Waals surface area contributed by atoms with Gasteiger partial charge in [0.15, 0.2) is 5.11 Å². The van der Waals surface area contributed by atoms with Crippen molar-refractivity contribution in [1.82, 2.24) is 5.32 Å². The third-order valence-electron chi connectivity index (χ3n) is 4.19. The highest BCUT2D eigenvalue weighted by Gasteiger charge is 2.24. The summed E-state index contributed by atoms with van der Waals surface area (Å²) >= 11 is 11.0. The van der Waals surface area contributed by atoms with Gasteiger partial charge in [-0.2, -0.15) is 0 Å². The molecule has 0 bridgehead atoms. The summed E-state index contributed by atoms with van der Waals surface area (Å²) in [6.45, 7) is 1.56. The summed E-state index contributed by atoms with van der Waals surface area (Å²) in [5.41, 5.74) is 1.25. The zero-order chi connectivity index (χ0) is 19.4. The summed E-state index contributed by atoms with van der Waals surface area (Å²) in [5.74, 6) is -0.523. The molecular formula is C18H17ClN4O3S. The first-order valence-corrected chi connectivity index (χ1v) is 9.14. The van der Waals surface area contributed by atoms with Crippen molar-refractivity contribution in [2.24, 2.45) is 0 Å². The van der Waals surface area contributed by atoms with Gasteiger partial charge in [0.25, 0.3) is 11.6 Å². The Morgan fingerprint density at radius 2 is 1.93 bits per heavy atom. The Bertz CT molecular complexity index is 900. The van der Waals surface area contributed by atoms with Crippen molar-refractivity contribution < 1.29 is 9.72 Å². The van der Waals surface area contributed by atoms with E-state index in [1.807, 2.05) is 4.90 Å². The fraction of sp³-hybridized carbons (Fsp3) is 0.222. The van der Waals surface area contributed by atoms with Gasteiger partial charge < -0.3 is 10.2 Å². The minimum absolute atomic E-state index is 0.0774. The molecule has 0 saturated carbocycles. The minimum atomic E-state index is -0.523. The van der Waals surface area contributed by atoms with Crippen LogP contribution in [0.2, 0.25) is 5.02 Å². The van der Waals surface area contributed by atoms with Crippen LogP contribution in [0.15, 0.2) is 42.5 Å². The Morgan fingerprint density at radius 3 is 2.59 bits per heavy atom. The first-order chi connectivity index (χ1) is 12.9. The van der Waals surface area contributed by atoms with E-state index in [0.29, 0.717) is 16.4 Å². The molecule has 140 valence electrons. The molecule has 1 fully saturated rings. The van der Waals surface area contributed by atoms with Crippen LogP contribution in [-0.4, -0.2) is 29.0 Å². The molecule has 0 aromatic heterocycles. The number of anilines is 2. The van der Waals surface area contributed by atoms with Gasteiger partial charge in [0, 0.05) is 35.4 Å². The highest BCUT2D eigenvalue weighted by molar-refractivity contribution is 7.80. The van der Waals surface area contributed by atoms with Crippen molar-refractivity contribution >= 4 is 51.9 Å². The zero-order valence-electron chi connectivity index (χ0n) is 14.3. The van der Waals surface area contributed by atoms with Gasteiger partial charge in [-0.15, -0.1) is 0 Å². The molecule has 7 nitrogen and oxygen atoms in total. The first kappa shape index (κ1) is 19.1. The summed E-state index contributed by atoms with van der Waals surface area (Å²) in [4.78, 5) is 25.4. The monoisotopic (exact) mass is 404 g/mol. The molecule has 1 amide bonds. The molecular weight excluding hydrogens is 388 g/mol. The average Bonchev–Trinajstić information content (AvgIpc) is 3.15. The Morgan fingerprint density at radius 1 is 1.19 bits per heavy atom. The molecule has 2 aromatic carbocycles. The molecule has 0 atom stereocenters. The van der Waals surface area contributed by atoms with Crippen molar-refractivity contribution in [1.29, 1.82) is 0 Å². The van der Waals surface area contributed by atoms with Gasteiger partial charge in [-0.25, -0.2) is 0 Å². The van der Waals surface area contributed by atoms with Crippen LogP contribution < -0.4 is 15.5 Å². The van der Waals surface area contributed by atoms with Gasteiger partial charge in [0.1, 0.15) is 5.69 Å². The number of rotatable bonds is 4. The highest BCUT2D eigenvalue weighted by atomic mass is 35.5. The lowest BCUT2D eigenvalue weighted by Gasteiger charge is -2.18. The summed E-state index contributed by atoms with van der Waals surface area (Å²) in [6, 6.07) is 11.3. The number of thiocarbonyl (C=S) groups is 1. The highest BCUT2D eigenvalue weighted by Crippen LogP contribution is 2.31. The van der Waals surface area contributed by atoms with Crippen molar-refractivity contribution in [2.45, 2.75) is 12.8 Å². The number of nitrogens with zero attached hydrogens (tertiary/aromatic N) is 2. The van der Waals surface area contributed by atoms with E-state index >= 15 is 0 Å². The third-order valence-corrected chi connectivity index (χ3v) is 4.63. The van der Waals surface area contributed by atoms with Gasteiger partial charge >= 0.3 is 0 Å². The fourth-order valence-corrected chi connectivity index (χ4v) is 3.34. The largest absolute Gasteiger partial charge is 0.366 e. The van der Waals surface area contributed by atoms with E-state index in [9.17, 15) is 14.9 Å². The lowest BCUT2D eigenvalue weighted by molar-refractivity contribution is -0.384. The van der Waals surface area contributed by atoms with Gasteiger partial charge in [-0.1, -0.05) is 17.7 Å². The molecule has 1 heterocycles. The second-order valence-corrected chi connectivity index (χ2v) is 6.92. The maximum atomic E-state index is 12.4. The molecule has 27 heavy (non-hydrogen) atoms. The van der Waals surface area contributed by atoms with Crippen LogP contribution in [0.5, 0.6) is 0 Å². The fourth-order valence-electron chi connectivity index (χ4n) is 2.94. The molecule has 1 saturated heterocycles. The molecule has 3 rings (SSSR count). The Hall–Kier alpha value is -2.71. The molecule has 0 unspecified atom stereocenters. The van der Waals surface area contributed by atoms with E-state index in [2.05, 4.69) is 10.6 Å². The van der Waals surface area contributed by atoms with E-state index in [-0.39, 0.29) is 16.4 Å². The van der Waals surface area contributed by atoms with E-state index in [1.54, 1.807) is 36.4 Å². The maximum Gasteiger partial charge on any atom is 0.293 e. The van der Waals surface area contributed by atoms with Crippen LogP contribution >= 0.6 is 23.8 Å². The molecule has 1 aliphatic rings. The van der Waals surface area contributed by atoms with Crippen molar-refractivity contribution in [3.05, 3.63) is 63.2 Å². The summed E-state index contributed by atoms with van der Waals surface area (Å²) < 4.78 is 0. The second-order valence-electron chi connectivity index (χ2n) is 6.07. The van der Waals surface area contributed by atoms with Crippen LogP contribution in [0, 0.1) is 10.1 Å². The zero-order valence-corrected chi connectivity index (χ0v) is 15.8. The summed E-state index contributed by atoms with van der Waals surface area (Å²) in [6.07, 6.45) is 2.01. The second kappa shape index (κ2) is 8.32. The van der Waals surface area contributed by atoms with E-state index in [1.165, 1.54) is 6.07 Å². The number of nitrogens with one attached hydrogen (secondary N) is 2. The Kier molecular flexibility index (Phi) is 5.88. The number of carbonyl (C=O) groups is 1. The van der Waals surface area contributed by atoms with Gasteiger partial charge in [0.2, 0.25) is 0 Å². The van der Waals surface area contributed by atoms with Crippen LogP contribution in [0.4, 0.5) is 17.1 Å². The number of amides is 1. The molecule has 2 aromatic rings. The Balaban J connectivity index is 1.73. The average molecular weight is 405 g/mol. The first-order valence-electron chi connectivity index (χ1n) is 8.35. The SMILES string of the molecule is O=C(NC(=S)Nc1cccc(Cl)c1)c1ccc(N2CCCC2)c([N+](=O)[O-])c1. The standard InChI is InChI=1S/C18H17ClN4O3S/c19-13-4-3-5-14(11-13)20-18(27)21-17(24)12-6-7-15(16(10-12)23(25)26)22-8-1-2-9-22/h3-7,10-11H,1-2,8-9H2,(H2,20,21,24,27). The summed E-state index contributed by atoms with van der Waals surface area (Å²) in [5, 5.41) is 17.4.